The number of carbonyl (C=O) groups excluding carboxylic acids is 1. The third-order valence-corrected chi connectivity index (χ3v) is 1.50. The second-order valence-electron chi connectivity index (χ2n) is 2.51. The number of carbonyl (C=O) groups is 1. The number of urea groups is 1. The van der Waals surface area contributed by atoms with Crippen LogP contribution in [-0.4, -0.2) is 23.2 Å². The summed E-state index contributed by atoms with van der Waals surface area (Å²) in [5.74, 6) is 0.501. The zero-order valence-electron chi connectivity index (χ0n) is 6.99. The summed E-state index contributed by atoms with van der Waals surface area (Å²) in [4.78, 5) is 19.8. The number of hydrogen-bond donors (Lipinski definition) is 1. The SMILES string of the molecule is [CH2]CCC1N=C(C)N(C(N)=O)O1. The Bertz CT molecular complexity index is 215. The molecule has 0 aromatic carbocycles. The average molecular weight is 170 g/mol. The molecule has 0 fully saturated rings. The predicted molar refractivity (Wildman–Crippen MR) is 44.0 cm³/mol. The highest BCUT2D eigenvalue weighted by molar-refractivity contribution is 5.94. The van der Waals surface area contributed by atoms with Crippen molar-refractivity contribution < 1.29 is 9.63 Å². The Morgan fingerprint density at radius 1 is 1.92 bits per heavy atom. The molecule has 0 saturated carbocycles. The zero-order chi connectivity index (χ0) is 9.14. The molecule has 1 aliphatic rings. The third-order valence-electron chi connectivity index (χ3n) is 1.50. The lowest BCUT2D eigenvalue weighted by Crippen LogP contribution is -2.36. The maximum atomic E-state index is 10.7. The monoisotopic (exact) mass is 170 g/mol. The van der Waals surface area contributed by atoms with Gasteiger partial charge in [-0.05, 0) is 19.8 Å². The van der Waals surface area contributed by atoms with Crippen LogP contribution in [0.25, 0.3) is 0 Å². The van der Waals surface area contributed by atoms with Crippen LogP contribution in [-0.2, 0) is 4.84 Å². The first-order valence-corrected chi connectivity index (χ1v) is 3.75. The lowest BCUT2D eigenvalue weighted by atomic mass is 10.3. The number of amides is 2. The van der Waals surface area contributed by atoms with Crippen molar-refractivity contribution in [3.63, 3.8) is 0 Å². The van der Waals surface area contributed by atoms with Gasteiger partial charge in [-0.3, -0.25) is 0 Å². The number of primary amides is 1. The molecule has 0 saturated heterocycles. The van der Waals surface area contributed by atoms with Crippen LogP contribution >= 0.6 is 0 Å². The van der Waals surface area contributed by atoms with Crippen molar-refractivity contribution >= 4 is 11.9 Å². The highest BCUT2D eigenvalue weighted by atomic mass is 16.7. The second kappa shape index (κ2) is 3.53. The molecule has 1 heterocycles. The van der Waals surface area contributed by atoms with Gasteiger partial charge in [-0.15, -0.1) is 0 Å². The number of aliphatic imine (C=N–C) groups is 1. The van der Waals surface area contributed by atoms with Gasteiger partial charge in [0, 0.05) is 0 Å². The summed E-state index contributed by atoms with van der Waals surface area (Å²) in [5, 5.41) is 1.00. The highest BCUT2D eigenvalue weighted by Crippen LogP contribution is 2.14. The molecule has 2 amide bonds. The Labute approximate surface area is 71.1 Å². The minimum absolute atomic E-state index is 0.296. The van der Waals surface area contributed by atoms with E-state index in [4.69, 9.17) is 10.6 Å². The number of hydrogen-bond acceptors (Lipinski definition) is 3. The van der Waals surface area contributed by atoms with Gasteiger partial charge < -0.3 is 5.73 Å². The molecule has 5 nitrogen and oxygen atoms in total. The fraction of sp³-hybridized carbons (Fsp3) is 0.571. The fourth-order valence-corrected chi connectivity index (χ4v) is 0.986. The molecule has 1 atom stereocenters. The lowest BCUT2D eigenvalue weighted by molar-refractivity contribution is -0.0867. The van der Waals surface area contributed by atoms with Crippen molar-refractivity contribution in [3.8, 4) is 0 Å². The molecule has 1 aliphatic heterocycles. The maximum Gasteiger partial charge on any atom is 0.344 e. The average Bonchev–Trinajstić information content (AvgIpc) is 2.32. The largest absolute Gasteiger partial charge is 0.349 e. The van der Waals surface area contributed by atoms with Gasteiger partial charge in [0.05, 0.1) is 0 Å². The van der Waals surface area contributed by atoms with Crippen LogP contribution in [0, 0.1) is 6.92 Å². The van der Waals surface area contributed by atoms with Crippen LogP contribution in [0.5, 0.6) is 0 Å². The van der Waals surface area contributed by atoms with Crippen molar-refractivity contribution in [1.29, 1.82) is 0 Å². The number of hydroxylamine groups is 2. The van der Waals surface area contributed by atoms with E-state index in [0.29, 0.717) is 18.7 Å². The molecule has 1 rings (SSSR count). The van der Waals surface area contributed by atoms with Gasteiger partial charge in [0.25, 0.3) is 0 Å². The van der Waals surface area contributed by atoms with Gasteiger partial charge in [0.1, 0.15) is 5.84 Å². The Balaban J connectivity index is 2.55. The van der Waals surface area contributed by atoms with E-state index in [1.807, 2.05) is 0 Å². The Morgan fingerprint density at radius 3 is 3.00 bits per heavy atom. The molecule has 2 N–H and O–H groups in total. The van der Waals surface area contributed by atoms with E-state index in [-0.39, 0.29) is 6.23 Å². The van der Waals surface area contributed by atoms with E-state index in [0.717, 1.165) is 5.06 Å². The van der Waals surface area contributed by atoms with Crippen LogP contribution in [0.15, 0.2) is 4.99 Å². The fourth-order valence-electron chi connectivity index (χ4n) is 0.986. The number of amidine groups is 1. The smallest absolute Gasteiger partial charge is 0.344 e. The third kappa shape index (κ3) is 1.73. The van der Waals surface area contributed by atoms with Crippen LogP contribution in [0.1, 0.15) is 19.8 Å². The Morgan fingerprint density at radius 2 is 2.58 bits per heavy atom. The molecule has 12 heavy (non-hydrogen) atoms. The minimum atomic E-state index is -0.636. The van der Waals surface area contributed by atoms with E-state index in [2.05, 4.69) is 11.9 Å². The first-order valence-electron chi connectivity index (χ1n) is 3.75. The summed E-state index contributed by atoms with van der Waals surface area (Å²) >= 11 is 0. The summed E-state index contributed by atoms with van der Waals surface area (Å²) < 4.78 is 0. The van der Waals surface area contributed by atoms with E-state index in [1.165, 1.54) is 0 Å². The first kappa shape index (κ1) is 8.99. The molecule has 1 radical (unpaired) electrons. The number of nitrogens with two attached hydrogens (primary N) is 1. The molecular weight excluding hydrogens is 158 g/mol. The van der Waals surface area contributed by atoms with Crippen molar-refractivity contribution in [2.45, 2.75) is 26.0 Å². The quantitative estimate of drug-likeness (QED) is 0.661. The standard InChI is InChI=1S/C7H12N3O2/c1-3-4-6-9-5(2)10(12-6)7(8)11/h6H,1,3-4H2,2H3,(H2,8,11). The minimum Gasteiger partial charge on any atom is -0.349 e. The predicted octanol–water partition coefficient (Wildman–Crippen LogP) is 0.671. The summed E-state index contributed by atoms with van der Waals surface area (Å²) in [6.07, 6.45) is 1.12. The summed E-state index contributed by atoms with van der Waals surface area (Å²) in [5.41, 5.74) is 5.01. The van der Waals surface area contributed by atoms with Gasteiger partial charge in [-0.1, -0.05) is 6.92 Å². The van der Waals surface area contributed by atoms with Crippen molar-refractivity contribution in [3.05, 3.63) is 6.92 Å². The van der Waals surface area contributed by atoms with Crippen LogP contribution < -0.4 is 5.73 Å². The molecule has 0 aromatic heterocycles. The first-order chi connectivity index (χ1) is 5.65. The van der Waals surface area contributed by atoms with Gasteiger partial charge in [0.15, 0.2) is 6.23 Å². The molecular formula is C7H12N3O2. The van der Waals surface area contributed by atoms with Gasteiger partial charge in [-0.25, -0.2) is 14.6 Å². The topological polar surface area (TPSA) is 67.9 Å². The molecule has 0 bridgehead atoms. The number of nitrogens with zero attached hydrogens (tertiary/aromatic N) is 2. The summed E-state index contributed by atoms with van der Waals surface area (Å²) in [7, 11) is 0. The maximum absolute atomic E-state index is 10.7. The van der Waals surface area contributed by atoms with Crippen LogP contribution in [0.4, 0.5) is 4.79 Å². The number of rotatable bonds is 2. The lowest BCUT2D eigenvalue weighted by Gasteiger charge is -2.12. The van der Waals surface area contributed by atoms with E-state index >= 15 is 0 Å². The molecule has 0 aliphatic carbocycles. The van der Waals surface area contributed by atoms with E-state index in [9.17, 15) is 4.79 Å². The van der Waals surface area contributed by atoms with E-state index < -0.39 is 6.03 Å². The Kier molecular flexibility index (Phi) is 2.65. The molecule has 5 heteroatoms. The van der Waals surface area contributed by atoms with Crippen molar-refractivity contribution in [2.24, 2.45) is 10.7 Å². The summed E-state index contributed by atoms with van der Waals surface area (Å²) in [6, 6.07) is -0.636. The van der Waals surface area contributed by atoms with Gasteiger partial charge >= 0.3 is 6.03 Å². The van der Waals surface area contributed by atoms with Crippen LogP contribution in [0.3, 0.4) is 0 Å². The second-order valence-corrected chi connectivity index (χ2v) is 2.51. The van der Waals surface area contributed by atoms with Crippen molar-refractivity contribution in [2.75, 3.05) is 0 Å². The molecule has 0 spiro atoms. The normalized spacial score (nSPS) is 22.7. The van der Waals surface area contributed by atoms with Crippen molar-refractivity contribution in [1.82, 2.24) is 5.06 Å². The highest BCUT2D eigenvalue weighted by Gasteiger charge is 2.26. The van der Waals surface area contributed by atoms with Crippen LogP contribution in [0.2, 0.25) is 0 Å². The molecule has 0 aromatic rings. The van der Waals surface area contributed by atoms with Gasteiger partial charge in [0.2, 0.25) is 0 Å². The Hall–Kier alpha value is -1.10. The molecule has 67 valence electrons. The zero-order valence-corrected chi connectivity index (χ0v) is 6.99. The van der Waals surface area contributed by atoms with E-state index in [1.54, 1.807) is 6.92 Å². The summed E-state index contributed by atoms with van der Waals surface area (Å²) in [6.45, 7) is 5.33. The van der Waals surface area contributed by atoms with Gasteiger partial charge in [-0.2, -0.15) is 5.06 Å². The molecule has 1 unspecified atom stereocenters.